The third kappa shape index (κ3) is 7.92. The molecule has 1 N–H and O–H groups in total. The molecule has 0 aliphatic carbocycles. The number of benzene rings is 1. The Morgan fingerprint density at radius 2 is 1.52 bits per heavy atom. The summed E-state index contributed by atoms with van der Waals surface area (Å²) in [5.74, 6) is 0. The van der Waals surface area contributed by atoms with E-state index in [9.17, 15) is 0 Å². The van der Waals surface area contributed by atoms with Gasteiger partial charge in [0.1, 0.15) is 0 Å². The molecule has 0 saturated carbocycles. The Morgan fingerprint density at radius 3 is 2.10 bits per heavy atom. The summed E-state index contributed by atoms with van der Waals surface area (Å²) in [4.78, 5) is 1.35. The van der Waals surface area contributed by atoms with Crippen molar-refractivity contribution < 1.29 is 0 Å². The Hall–Kier alpha value is -0.470. The van der Waals surface area contributed by atoms with Gasteiger partial charge in [-0.25, -0.2) is 0 Å². The van der Waals surface area contributed by atoms with Crippen molar-refractivity contribution in [1.82, 2.24) is 5.32 Å². The lowest BCUT2D eigenvalue weighted by Crippen LogP contribution is -2.20. The van der Waals surface area contributed by atoms with Crippen molar-refractivity contribution in [3.8, 4) is 0 Å². The first-order chi connectivity index (χ1) is 10.3. The first-order valence-corrected chi connectivity index (χ1v) is 9.91. The first-order valence-electron chi connectivity index (χ1n) is 8.69. The fraction of sp³-hybridized carbons (Fsp3) is 0.684. The normalized spacial score (nSPS) is 12.5. The van der Waals surface area contributed by atoms with Crippen molar-refractivity contribution >= 4 is 11.8 Å². The molecular weight excluding hydrogens is 274 g/mol. The van der Waals surface area contributed by atoms with E-state index < -0.39 is 0 Å². The van der Waals surface area contributed by atoms with Crippen LogP contribution in [0.1, 0.15) is 76.8 Å². The van der Waals surface area contributed by atoms with Gasteiger partial charge in [-0.15, -0.1) is 11.8 Å². The average molecular weight is 308 g/mol. The standard InChI is InChI=1S/C19H33NS/c1-4-6-7-8-9-10-11-12-19(20-5-2)17-13-15-18(21-3)16-14-17/h13-16,19-20H,4-12H2,1-3H3. The Bertz CT molecular complexity index is 347. The zero-order valence-electron chi connectivity index (χ0n) is 14.2. The minimum atomic E-state index is 0.529. The molecule has 0 radical (unpaired) electrons. The molecule has 1 nitrogen and oxygen atoms in total. The van der Waals surface area contributed by atoms with E-state index in [4.69, 9.17) is 0 Å². The first kappa shape index (κ1) is 18.6. The molecule has 2 heteroatoms. The number of hydrogen-bond acceptors (Lipinski definition) is 2. The highest BCUT2D eigenvalue weighted by molar-refractivity contribution is 7.98. The molecule has 0 amide bonds. The molecule has 0 saturated heterocycles. The molecule has 0 aliphatic rings. The minimum absolute atomic E-state index is 0.529. The highest BCUT2D eigenvalue weighted by Crippen LogP contribution is 2.23. The summed E-state index contributed by atoms with van der Waals surface area (Å²) in [6.45, 7) is 5.53. The van der Waals surface area contributed by atoms with Gasteiger partial charge in [-0.3, -0.25) is 0 Å². The fourth-order valence-corrected chi connectivity index (χ4v) is 3.18. The average Bonchev–Trinajstić information content (AvgIpc) is 2.53. The molecule has 0 fully saturated rings. The van der Waals surface area contributed by atoms with Gasteiger partial charge in [0.2, 0.25) is 0 Å². The van der Waals surface area contributed by atoms with Gasteiger partial charge < -0.3 is 5.32 Å². The lowest BCUT2D eigenvalue weighted by Gasteiger charge is -2.18. The second-order valence-corrected chi connectivity index (χ2v) is 6.67. The van der Waals surface area contributed by atoms with E-state index in [2.05, 4.69) is 49.7 Å². The quantitative estimate of drug-likeness (QED) is 0.364. The Labute approximate surface area is 136 Å². The van der Waals surface area contributed by atoms with Crippen molar-refractivity contribution in [3.63, 3.8) is 0 Å². The minimum Gasteiger partial charge on any atom is -0.310 e. The van der Waals surface area contributed by atoms with E-state index in [0.717, 1.165) is 6.54 Å². The zero-order chi connectivity index (χ0) is 15.3. The molecule has 0 aliphatic heterocycles. The van der Waals surface area contributed by atoms with Crippen molar-refractivity contribution in [3.05, 3.63) is 29.8 Å². The highest BCUT2D eigenvalue weighted by atomic mass is 32.2. The predicted molar refractivity (Wildman–Crippen MR) is 97.3 cm³/mol. The van der Waals surface area contributed by atoms with Crippen LogP contribution in [0.4, 0.5) is 0 Å². The molecule has 0 aromatic heterocycles. The van der Waals surface area contributed by atoms with Gasteiger partial charge in [0, 0.05) is 10.9 Å². The van der Waals surface area contributed by atoms with Crippen molar-refractivity contribution in [2.75, 3.05) is 12.8 Å². The van der Waals surface area contributed by atoms with Crippen LogP contribution in [0.15, 0.2) is 29.2 Å². The summed E-state index contributed by atoms with van der Waals surface area (Å²) in [6.07, 6.45) is 13.1. The second kappa shape index (κ2) is 12.1. The van der Waals surface area contributed by atoms with Crippen LogP contribution in [0.5, 0.6) is 0 Å². The van der Waals surface area contributed by atoms with Crippen LogP contribution in [-0.2, 0) is 0 Å². The molecule has 0 bridgehead atoms. The molecule has 0 spiro atoms. The summed E-state index contributed by atoms with van der Waals surface area (Å²) < 4.78 is 0. The molecule has 1 atom stereocenters. The van der Waals surface area contributed by atoms with Gasteiger partial charge >= 0.3 is 0 Å². The molecule has 1 rings (SSSR count). The predicted octanol–water partition coefficient (Wildman–Crippen LogP) is 6.20. The molecule has 1 unspecified atom stereocenters. The van der Waals surface area contributed by atoms with Crippen LogP contribution >= 0.6 is 11.8 Å². The summed E-state index contributed by atoms with van der Waals surface area (Å²) in [5, 5.41) is 3.64. The number of unbranched alkanes of at least 4 members (excludes halogenated alkanes) is 6. The summed E-state index contributed by atoms with van der Waals surface area (Å²) in [7, 11) is 0. The maximum atomic E-state index is 3.64. The smallest absolute Gasteiger partial charge is 0.0320 e. The summed E-state index contributed by atoms with van der Waals surface area (Å²) in [5.41, 5.74) is 1.45. The van der Waals surface area contributed by atoms with Gasteiger partial charge in [-0.1, -0.05) is 70.9 Å². The molecule has 120 valence electrons. The maximum Gasteiger partial charge on any atom is 0.0320 e. The van der Waals surface area contributed by atoms with Gasteiger partial charge in [0.15, 0.2) is 0 Å². The lowest BCUT2D eigenvalue weighted by atomic mass is 9.99. The van der Waals surface area contributed by atoms with Crippen LogP contribution < -0.4 is 5.32 Å². The largest absolute Gasteiger partial charge is 0.310 e. The monoisotopic (exact) mass is 307 g/mol. The molecule has 21 heavy (non-hydrogen) atoms. The van der Waals surface area contributed by atoms with Gasteiger partial charge in [0.25, 0.3) is 0 Å². The van der Waals surface area contributed by atoms with Crippen LogP contribution in [-0.4, -0.2) is 12.8 Å². The Kier molecular flexibility index (Phi) is 10.7. The van der Waals surface area contributed by atoms with Crippen molar-refractivity contribution in [2.24, 2.45) is 0 Å². The molecule has 1 aromatic rings. The van der Waals surface area contributed by atoms with Crippen LogP contribution in [0, 0.1) is 0 Å². The van der Waals surface area contributed by atoms with E-state index in [1.54, 1.807) is 0 Å². The van der Waals surface area contributed by atoms with E-state index in [1.165, 1.54) is 61.8 Å². The van der Waals surface area contributed by atoms with E-state index in [1.807, 2.05) is 11.8 Å². The Morgan fingerprint density at radius 1 is 0.905 bits per heavy atom. The third-order valence-electron chi connectivity index (χ3n) is 4.07. The van der Waals surface area contributed by atoms with Crippen molar-refractivity contribution in [1.29, 1.82) is 0 Å². The number of nitrogens with one attached hydrogen (secondary N) is 1. The van der Waals surface area contributed by atoms with Gasteiger partial charge in [-0.2, -0.15) is 0 Å². The van der Waals surface area contributed by atoms with Crippen molar-refractivity contribution in [2.45, 2.75) is 76.2 Å². The summed E-state index contributed by atoms with van der Waals surface area (Å²) in [6, 6.07) is 9.60. The molecular formula is C19H33NS. The molecule has 0 heterocycles. The van der Waals surface area contributed by atoms with Crippen LogP contribution in [0.25, 0.3) is 0 Å². The number of rotatable bonds is 12. The van der Waals surface area contributed by atoms with Gasteiger partial charge in [0.05, 0.1) is 0 Å². The second-order valence-electron chi connectivity index (χ2n) is 5.79. The zero-order valence-corrected chi connectivity index (χ0v) is 15.0. The third-order valence-corrected chi connectivity index (χ3v) is 4.81. The topological polar surface area (TPSA) is 12.0 Å². The van der Waals surface area contributed by atoms with E-state index in [-0.39, 0.29) is 0 Å². The van der Waals surface area contributed by atoms with Crippen LogP contribution in [0.2, 0.25) is 0 Å². The maximum absolute atomic E-state index is 3.64. The Balaban J connectivity index is 2.32. The highest BCUT2D eigenvalue weighted by Gasteiger charge is 2.09. The van der Waals surface area contributed by atoms with E-state index >= 15 is 0 Å². The SMILES string of the molecule is CCCCCCCCCC(NCC)c1ccc(SC)cc1. The molecule has 1 aromatic carbocycles. The van der Waals surface area contributed by atoms with E-state index in [0.29, 0.717) is 6.04 Å². The van der Waals surface area contributed by atoms with Crippen LogP contribution in [0.3, 0.4) is 0 Å². The number of thioether (sulfide) groups is 1. The number of hydrogen-bond donors (Lipinski definition) is 1. The fourth-order valence-electron chi connectivity index (χ4n) is 2.77. The van der Waals surface area contributed by atoms with Gasteiger partial charge in [-0.05, 0) is 36.9 Å². The summed E-state index contributed by atoms with van der Waals surface area (Å²) >= 11 is 1.81. The lowest BCUT2D eigenvalue weighted by molar-refractivity contribution is 0.475.